The van der Waals surface area contributed by atoms with E-state index in [0.29, 0.717) is 25.7 Å². The smallest absolute Gasteiger partial charge is 0.462 e. The minimum atomic E-state index is -4.96. The van der Waals surface area contributed by atoms with E-state index < -0.39 is 97.5 Å². The molecule has 3 N–H and O–H groups in total. The molecule has 19 heteroatoms. The van der Waals surface area contributed by atoms with Crippen molar-refractivity contribution in [3.05, 3.63) is 0 Å². The summed E-state index contributed by atoms with van der Waals surface area (Å²) in [6, 6.07) is 0. The first kappa shape index (κ1) is 96.1. The van der Waals surface area contributed by atoms with Crippen molar-refractivity contribution in [1.29, 1.82) is 0 Å². The molecule has 0 amide bonds. The first-order chi connectivity index (χ1) is 47.2. The van der Waals surface area contributed by atoms with Crippen LogP contribution in [0.25, 0.3) is 0 Å². The molecule has 0 aromatic rings. The normalized spacial score (nSPS) is 14.6. The first-order valence-electron chi connectivity index (χ1n) is 40.8. The van der Waals surface area contributed by atoms with Crippen molar-refractivity contribution >= 4 is 39.5 Å². The number of phosphoric ester groups is 2. The monoisotopic (exact) mass is 1440 g/mol. The van der Waals surface area contributed by atoms with Gasteiger partial charge in [-0.05, 0) is 49.4 Å². The third-order valence-corrected chi connectivity index (χ3v) is 20.9. The molecule has 7 atom stereocenters. The molecule has 0 spiro atoms. The van der Waals surface area contributed by atoms with Gasteiger partial charge >= 0.3 is 39.5 Å². The van der Waals surface area contributed by atoms with E-state index in [1.807, 2.05) is 0 Å². The molecule has 0 bridgehead atoms. The van der Waals surface area contributed by atoms with Crippen LogP contribution in [0.4, 0.5) is 0 Å². The summed E-state index contributed by atoms with van der Waals surface area (Å²) in [6.45, 7) is 14.3. The average molecular weight is 1440 g/mol. The first-order valence-corrected chi connectivity index (χ1v) is 43.8. The van der Waals surface area contributed by atoms with Crippen molar-refractivity contribution in [2.24, 2.45) is 23.7 Å². The minimum Gasteiger partial charge on any atom is -0.462 e. The molecule has 17 nitrogen and oxygen atoms in total. The summed E-state index contributed by atoms with van der Waals surface area (Å²) in [4.78, 5) is 73.0. The lowest BCUT2D eigenvalue weighted by molar-refractivity contribution is -0.161. The van der Waals surface area contributed by atoms with Gasteiger partial charge in [-0.15, -0.1) is 0 Å². The number of rotatable bonds is 76. The van der Waals surface area contributed by atoms with Gasteiger partial charge in [0.15, 0.2) is 12.2 Å². The zero-order valence-corrected chi connectivity index (χ0v) is 66.2. The van der Waals surface area contributed by atoms with Crippen molar-refractivity contribution in [2.75, 3.05) is 39.6 Å². The summed E-state index contributed by atoms with van der Waals surface area (Å²) in [5.74, 6) is 1.01. The summed E-state index contributed by atoms with van der Waals surface area (Å²) in [6.07, 6.45) is 54.0. The van der Waals surface area contributed by atoms with Gasteiger partial charge in [-0.3, -0.25) is 37.3 Å². The van der Waals surface area contributed by atoms with Crippen LogP contribution in [-0.2, 0) is 65.4 Å². The van der Waals surface area contributed by atoms with E-state index in [0.717, 1.165) is 120 Å². The fraction of sp³-hybridized carbons (Fsp3) is 0.949. The van der Waals surface area contributed by atoms with Crippen LogP contribution in [0.5, 0.6) is 0 Å². The molecule has 4 unspecified atom stereocenters. The number of carbonyl (C=O) groups is 4. The summed E-state index contributed by atoms with van der Waals surface area (Å²) in [5.41, 5.74) is 0. The molecule has 0 aliphatic carbocycles. The molecule has 0 rings (SSSR count). The van der Waals surface area contributed by atoms with Crippen LogP contribution >= 0.6 is 15.6 Å². The van der Waals surface area contributed by atoms with E-state index in [1.165, 1.54) is 199 Å². The Hall–Kier alpha value is -1.94. The topological polar surface area (TPSA) is 237 Å². The van der Waals surface area contributed by atoms with E-state index in [2.05, 4.69) is 55.4 Å². The number of ether oxygens (including phenoxy) is 4. The van der Waals surface area contributed by atoms with E-state index in [-0.39, 0.29) is 25.7 Å². The summed E-state index contributed by atoms with van der Waals surface area (Å²) in [7, 11) is -9.92. The highest BCUT2D eigenvalue weighted by molar-refractivity contribution is 7.47. The molecular formula is C79H154O17P2. The number of carbonyl (C=O) groups excluding carboxylic acids is 4. The van der Waals surface area contributed by atoms with Crippen molar-refractivity contribution in [3.63, 3.8) is 0 Å². The van der Waals surface area contributed by atoms with Crippen LogP contribution in [0.3, 0.4) is 0 Å². The van der Waals surface area contributed by atoms with Crippen molar-refractivity contribution in [1.82, 2.24) is 0 Å². The lowest BCUT2D eigenvalue weighted by Crippen LogP contribution is -2.30. The molecule has 0 aliphatic rings. The number of hydrogen-bond donors (Lipinski definition) is 3. The Morgan fingerprint density at radius 2 is 0.490 bits per heavy atom. The maximum Gasteiger partial charge on any atom is 0.472 e. The van der Waals surface area contributed by atoms with Gasteiger partial charge in [0.25, 0.3) is 0 Å². The highest BCUT2D eigenvalue weighted by Gasteiger charge is 2.30. The zero-order chi connectivity index (χ0) is 72.4. The van der Waals surface area contributed by atoms with Gasteiger partial charge < -0.3 is 33.8 Å². The van der Waals surface area contributed by atoms with Gasteiger partial charge in [-0.2, -0.15) is 0 Å². The van der Waals surface area contributed by atoms with Gasteiger partial charge in [0, 0.05) is 25.7 Å². The van der Waals surface area contributed by atoms with E-state index >= 15 is 0 Å². The summed E-state index contributed by atoms with van der Waals surface area (Å²) >= 11 is 0. The molecule has 0 saturated carbocycles. The maximum atomic E-state index is 13.1. The Bertz CT molecular complexity index is 1920. The van der Waals surface area contributed by atoms with Crippen molar-refractivity contribution in [2.45, 2.75) is 420 Å². The van der Waals surface area contributed by atoms with Gasteiger partial charge in [0.1, 0.15) is 19.3 Å². The second kappa shape index (κ2) is 68.2. The fourth-order valence-corrected chi connectivity index (χ4v) is 13.6. The van der Waals surface area contributed by atoms with Crippen LogP contribution in [-0.4, -0.2) is 96.7 Å². The Morgan fingerprint density at radius 3 is 0.724 bits per heavy atom. The number of aliphatic hydroxyl groups is 1. The van der Waals surface area contributed by atoms with Crippen LogP contribution in [0, 0.1) is 23.7 Å². The van der Waals surface area contributed by atoms with Gasteiger partial charge in [0.05, 0.1) is 26.4 Å². The Labute approximate surface area is 600 Å². The second-order valence-electron chi connectivity index (χ2n) is 29.9. The number of esters is 4. The van der Waals surface area contributed by atoms with Gasteiger partial charge in [0.2, 0.25) is 0 Å². The summed E-state index contributed by atoms with van der Waals surface area (Å²) in [5, 5.41) is 10.6. The van der Waals surface area contributed by atoms with Crippen molar-refractivity contribution in [3.8, 4) is 0 Å². The molecule has 0 aliphatic heterocycles. The maximum absolute atomic E-state index is 13.1. The Kier molecular flexibility index (Phi) is 66.8. The fourth-order valence-electron chi connectivity index (χ4n) is 12.0. The second-order valence-corrected chi connectivity index (χ2v) is 32.8. The lowest BCUT2D eigenvalue weighted by Gasteiger charge is -2.21. The molecule has 0 aromatic carbocycles. The molecule has 0 heterocycles. The molecular weight excluding hydrogens is 1280 g/mol. The molecule has 98 heavy (non-hydrogen) atoms. The van der Waals surface area contributed by atoms with Crippen LogP contribution in [0.2, 0.25) is 0 Å². The number of aliphatic hydroxyl groups excluding tert-OH is 1. The third-order valence-electron chi connectivity index (χ3n) is 19.0. The number of phosphoric acid groups is 2. The third kappa shape index (κ3) is 69.8. The van der Waals surface area contributed by atoms with Crippen molar-refractivity contribution < 1.29 is 80.2 Å². The molecule has 0 saturated heterocycles. The zero-order valence-electron chi connectivity index (χ0n) is 64.4. The molecule has 0 aromatic heterocycles. The highest BCUT2D eigenvalue weighted by Crippen LogP contribution is 2.45. The van der Waals surface area contributed by atoms with Crippen LogP contribution in [0.1, 0.15) is 402 Å². The number of hydrogen-bond acceptors (Lipinski definition) is 15. The SMILES string of the molecule is CCC(C)CCCCCCCCCCCCC(=O)O[C@H](COC(=O)CCCCCCCCCCCCCCCC(C)C)COP(=O)(O)OC[C@@H](O)COP(=O)(O)OC[C@@H](COC(=O)CCCCCCCCC(C)CC)OC(=O)CCCCCCCCCCCCCCCCCC(C)C. The Morgan fingerprint density at radius 1 is 0.286 bits per heavy atom. The minimum absolute atomic E-state index is 0.106. The standard InChI is InChI=1S/C79H154O17P2/c1-9-71(7)57-49-41-33-27-23-24-30-36-46-54-62-79(84)95-74(65-89-76(81)59-51-43-34-28-21-18-14-16-20-26-32-40-48-56-70(5)6)67-93-97(85,86)91-63-73(80)64-92-98(87,88)94-68-75(66-90-77(82)60-52-44-38-37-42-50-58-72(8)10-2)96-78(83)61-53-45-35-29-22-17-13-11-12-15-19-25-31-39-47-55-69(3)4/h69-75,80H,9-68H2,1-8H3,(H,85,86)(H,87,88)/t71?,72?,73-,74-,75-/m1/s1. The molecule has 0 radical (unpaired) electrons. The quantitative estimate of drug-likeness (QED) is 0.0222. The molecule has 582 valence electrons. The average Bonchev–Trinajstić information content (AvgIpc) is 0.950. The van der Waals surface area contributed by atoms with Crippen LogP contribution < -0.4 is 0 Å². The van der Waals surface area contributed by atoms with Crippen LogP contribution in [0.15, 0.2) is 0 Å². The predicted octanol–water partition coefficient (Wildman–Crippen LogP) is 23.2. The lowest BCUT2D eigenvalue weighted by atomic mass is 9.99. The summed E-state index contributed by atoms with van der Waals surface area (Å²) < 4.78 is 68.7. The van der Waals surface area contributed by atoms with Gasteiger partial charge in [-0.1, -0.05) is 351 Å². The van der Waals surface area contributed by atoms with E-state index in [1.54, 1.807) is 0 Å². The largest absolute Gasteiger partial charge is 0.472 e. The van der Waals surface area contributed by atoms with E-state index in [4.69, 9.17) is 37.0 Å². The highest BCUT2D eigenvalue weighted by atomic mass is 31.2. The van der Waals surface area contributed by atoms with Gasteiger partial charge in [-0.25, -0.2) is 9.13 Å². The molecule has 0 fully saturated rings. The number of unbranched alkanes of at least 4 members (excludes halogenated alkanes) is 40. The predicted molar refractivity (Wildman–Crippen MR) is 400 cm³/mol. The Balaban J connectivity index is 5.24. The van der Waals surface area contributed by atoms with E-state index in [9.17, 15) is 43.2 Å².